The maximum Gasteiger partial charge on any atom is 0.190 e. The Bertz CT molecular complexity index is 559. The quantitative estimate of drug-likeness (QED) is 0.796. The molecule has 126 valence electrons. The minimum Gasteiger partial charge on any atom is -0.361 e. The zero-order valence-corrected chi connectivity index (χ0v) is 14.7. The van der Waals surface area contributed by atoms with Crippen molar-refractivity contribution < 1.29 is 4.79 Å². The van der Waals surface area contributed by atoms with Crippen LogP contribution in [0.15, 0.2) is 35.2 Å². The van der Waals surface area contributed by atoms with Gasteiger partial charge in [0.05, 0.1) is 6.04 Å². The highest BCUT2D eigenvalue weighted by Crippen LogP contribution is 2.37. The average Bonchev–Trinajstić information content (AvgIpc) is 2.73. The van der Waals surface area contributed by atoms with Crippen LogP contribution in [0.2, 0.25) is 0 Å². The van der Waals surface area contributed by atoms with E-state index in [1.807, 2.05) is 12.2 Å². The average molecular weight is 315 g/mol. The van der Waals surface area contributed by atoms with Gasteiger partial charge < -0.3 is 14.7 Å². The molecule has 3 aliphatic rings. The molecule has 0 radical (unpaired) electrons. The molecule has 2 heterocycles. The predicted molar refractivity (Wildman–Crippen MR) is 94.0 cm³/mol. The lowest BCUT2D eigenvalue weighted by molar-refractivity contribution is -0.114. The molecule has 0 saturated carbocycles. The molecule has 0 aromatic carbocycles. The van der Waals surface area contributed by atoms with Gasteiger partial charge in [-0.2, -0.15) is 0 Å². The highest BCUT2D eigenvalue weighted by Gasteiger charge is 2.39. The fourth-order valence-corrected chi connectivity index (χ4v) is 3.99. The summed E-state index contributed by atoms with van der Waals surface area (Å²) in [5.74, 6) is 1.51. The van der Waals surface area contributed by atoms with Gasteiger partial charge in [0.15, 0.2) is 5.78 Å². The van der Waals surface area contributed by atoms with Crippen molar-refractivity contribution in [3.8, 4) is 0 Å². The van der Waals surface area contributed by atoms with Gasteiger partial charge in [0.25, 0.3) is 0 Å². The number of rotatable bonds is 4. The van der Waals surface area contributed by atoms with Crippen LogP contribution in [0.25, 0.3) is 0 Å². The zero-order valence-electron chi connectivity index (χ0n) is 14.7. The molecular weight excluding hydrogens is 286 g/mol. The highest BCUT2D eigenvalue weighted by atomic mass is 16.1. The first-order valence-corrected chi connectivity index (χ1v) is 8.86. The fraction of sp³-hybridized carbons (Fsp3) is 0.632. The summed E-state index contributed by atoms with van der Waals surface area (Å²) in [6, 6.07) is 0.231. The summed E-state index contributed by atoms with van der Waals surface area (Å²) in [5.41, 5.74) is 2.05. The Morgan fingerprint density at radius 3 is 2.91 bits per heavy atom. The van der Waals surface area contributed by atoms with Crippen molar-refractivity contribution in [1.82, 2.24) is 14.7 Å². The van der Waals surface area contributed by atoms with Gasteiger partial charge in [0.1, 0.15) is 5.82 Å². The van der Waals surface area contributed by atoms with Crippen LogP contribution < -0.4 is 0 Å². The number of ketones is 1. The molecule has 0 N–H and O–H groups in total. The SMILES string of the molecule is CN(C)CCCN1C2=C(CCCCN2C)C(=O)C2=CC=CCC21. The first kappa shape index (κ1) is 16.3. The number of hydrogen-bond acceptors (Lipinski definition) is 4. The summed E-state index contributed by atoms with van der Waals surface area (Å²) in [4.78, 5) is 20.1. The number of Topliss-reactive ketones (excluding diaryl/α,β-unsaturated/α-hetero) is 1. The lowest BCUT2D eigenvalue weighted by atomic mass is 9.85. The highest BCUT2D eigenvalue weighted by molar-refractivity contribution is 6.10. The third kappa shape index (κ3) is 3.23. The van der Waals surface area contributed by atoms with E-state index in [-0.39, 0.29) is 6.04 Å². The van der Waals surface area contributed by atoms with E-state index in [1.165, 1.54) is 12.2 Å². The van der Waals surface area contributed by atoms with Gasteiger partial charge >= 0.3 is 0 Å². The van der Waals surface area contributed by atoms with E-state index < -0.39 is 0 Å². The molecule has 0 fully saturated rings. The Morgan fingerprint density at radius 1 is 1.30 bits per heavy atom. The van der Waals surface area contributed by atoms with Crippen LogP contribution in [-0.2, 0) is 4.79 Å². The molecule has 1 aliphatic carbocycles. The normalized spacial score (nSPS) is 24.6. The Balaban J connectivity index is 1.94. The largest absolute Gasteiger partial charge is 0.361 e. The van der Waals surface area contributed by atoms with E-state index in [2.05, 4.69) is 41.9 Å². The first-order chi connectivity index (χ1) is 11.1. The van der Waals surface area contributed by atoms with E-state index in [0.29, 0.717) is 5.78 Å². The molecule has 1 unspecified atom stereocenters. The summed E-state index contributed by atoms with van der Waals surface area (Å²) in [5, 5.41) is 0. The van der Waals surface area contributed by atoms with E-state index >= 15 is 0 Å². The Morgan fingerprint density at radius 2 is 2.13 bits per heavy atom. The van der Waals surface area contributed by atoms with Crippen molar-refractivity contribution in [2.24, 2.45) is 0 Å². The minimum absolute atomic E-state index is 0.231. The monoisotopic (exact) mass is 315 g/mol. The van der Waals surface area contributed by atoms with Crippen molar-refractivity contribution >= 4 is 5.78 Å². The zero-order chi connectivity index (χ0) is 16.4. The van der Waals surface area contributed by atoms with Crippen LogP contribution in [0.4, 0.5) is 0 Å². The first-order valence-electron chi connectivity index (χ1n) is 8.86. The van der Waals surface area contributed by atoms with E-state index in [1.54, 1.807) is 0 Å². The summed E-state index contributed by atoms with van der Waals surface area (Å²) in [6.45, 7) is 3.15. The molecule has 23 heavy (non-hydrogen) atoms. The van der Waals surface area contributed by atoms with Crippen molar-refractivity contribution in [2.75, 3.05) is 40.8 Å². The van der Waals surface area contributed by atoms with Crippen LogP contribution in [0.3, 0.4) is 0 Å². The van der Waals surface area contributed by atoms with E-state index in [4.69, 9.17) is 0 Å². The van der Waals surface area contributed by atoms with Crippen LogP contribution >= 0.6 is 0 Å². The van der Waals surface area contributed by atoms with Gasteiger partial charge in [-0.05, 0) is 52.7 Å². The van der Waals surface area contributed by atoms with E-state index in [9.17, 15) is 4.79 Å². The summed E-state index contributed by atoms with van der Waals surface area (Å²) < 4.78 is 0. The van der Waals surface area contributed by atoms with E-state index in [0.717, 1.165) is 56.5 Å². The van der Waals surface area contributed by atoms with Gasteiger partial charge in [-0.15, -0.1) is 0 Å². The Hall–Kier alpha value is -1.55. The number of nitrogens with zero attached hydrogens (tertiary/aromatic N) is 3. The minimum atomic E-state index is 0.231. The molecule has 3 rings (SSSR count). The number of carbonyl (C=O) groups is 1. The molecule has 0 aromatic rings. The molecule has 0 spiro atoms. The number of hydrogen-bond donors (Lipinski definition) is 0. The Kier molecular flexibility index (Phi) is 4.90. The third-order valence-corrected chi connectivity index (χ3v) is 5.12. The van der Waals surface area contributed by atoms with Gasteiger partial charge in [-0.3, -0.25) is 4.79 Å². The molecule has 1 atom stereocenters. The fourth-order valence-electron chi connectivity index (χ4n) is 3.99. The number of allylic oxidation sites excluding steroid dienone is 3. The van der Waals surface area contributed by atoms with Gasteiger partial charge in [-0.25, -0.2) is 0 Å². The lowest BCUT2D eigenvalue weighted by Gasteiger charge is -2.44. The maximum absolute atomic E-state index is 13.0. The molecular formula is C19H29N3O. The van der Waals surface area contributed by atoms with Gasteiger partial charge in [-0.1, -0.05) is 18.2 Å². The molecule has 0 aromatic heterocycles. The van der Waals surface area contributed by atoms with Crippen LogP contribution in [0.5, 0.6) is 0 Å². The molecule has 0 bridgehead atoms. The predicted octanol–water partition coefficient (Wildman–Crippen LogP) is 2.41. The second-order valence-electron chi connectivity index (χ2n) is 7.16. The number of carbonyl (C=O) groups excluding carboxylic acids is 1. The number of fused-ring (bicyclic) bond motifs is 1. The van der Waals surface area contributed by atoms with Gasteiger partial charge in [0.2, 0.25) is 0 Å². The van der Waals surface area contributed by atoms with Crippen LogP contribution in [0.1, 0.15) is 32.1 Å². The Labute approximate surface area is 140 Å². The van der Waals surface area contributed by atoms with Crippen LogP contribution in [-0.4, -0.2) is 67.3 Å². The molecule has 0 saturated heterocycles. The molecule has 2 aliphatic heterocycles. The topological polar surface area (TPSA) is 26.8 Å². The smallest absolute Gasteiger partial charge is 0.190 e. The molecule has 4 heteroatoms. The summed E-state index contributed by atoms with van der Waals surface area (Å²) in [7, 11) is 6.40. The second-order valence-corrected chi connectivity index (χ2v) is 7.16. The lowest BCUT2D eigenvalue weighted by Crippen LogP contribution is -2.48. The van der Waals surface area contributed by atoms with Gasteiger partial charge in [0, 0.05) is 31.3 Å². The van der Waals surface area contributed by atoms with Crippen LogP contribution in [0, 0.1) is 0 Å². The van der Waals surface area contributed by atoms with Crippen molar-refractivity contribution in [3.63, 3.8) is 0 Å². The maximum atomic E-state index is 13.0. The summed E-state index contributed by atoms with van der Waals surface area (Å²) >= 11 is 0. The standard InChI is InChI=1S/C19H29N3O/c1-20(2)12-8-14-22-17-11-5-4-9-15(17)18(23)16-10-6-7-13-21(3)19(16)22/h4-5,9,17H,6-8,10-14H2,1-3H3. The molecule has 0 amide bonds. The summed E-state index contributed by atoms with van der Waals surface area (Å²) in [6.07, 6.45) is 11.6. The van der Waals surface area contributed by atoms with Crippen molar-refractivity contribution in [3.05, 3.63) is 35.2 Å². The van der Waals surface area contributed by atoms with Crippen molar-refractivity contribution in [2.45, 2.75) is 38.1 Å². The van der Waals surface area contributed by atoms with Crippen molar-refractivity contribution in [1.29, 1.82) is 0 Å². The third-order valence-electron chi connectivity index (χ3n) is 5.12. The second kappa shape index (κ2) is 6.91. The molecule has 4 nitrogen and oxygen atoms in total.